The van der Waals surface area contributed by atoms with Crippen LogP contribution < -0.4 is 0 Å². The van der Waals surface area contributed by atoms with E-state index in [4.69, 9.17) is 9.97 Å². The molecule has 6 bridgehead atoms. The zero-order chi connectivity index (χ0) is 31.9. The molecule has 1 fully saturated rings. The van der Waals surface area contributed by atoms with Crippen molar-refractivity contribution in [3.05, 3.63) is 83.9 Å². The maximum absolute atomic E-state index is 11.8. The SMILES string of the molecule is O=C(O)CN1CCN2CCN(CC(=O)O)CCN(CC1)Cc1cccc(n1)-c1cnnn1Cc1cc(-c3ccccc3)cc(n1)C2.[Eu]. The first kappa shape index (κ1) is 35.3. The standard InChI is InChI=1S/C33H39N9O4.Eu/c43-32(44)23-40-13-9-38-10-14-41(24-33(45)46)16-12-39(11-15-40)21-28-17-26(25-5-2-1-3-6-25)18-29(35-28)22-42-31(19-34-37-42)30-8-4-7-27(20-38)36-30;/h1-8,17-19H,9-16,20-24H2,(H,43,44)(H,45,46);. The molecule has 13 nitrogen and oxygen atoms in total. The molecule has 0 spiro atoms. The molecule has 3 aliphatic heterocycles. The smallest absolute Gasteiger partial charge is 0.317 e. The van der Waals surface area contributed by atoms with Gasteiger partial charge in [0.15, 0.2) is 0 Å². The number of rotatable bonds is 5. The Labute approximate surface area is 314 Å². The van der Waals surface area contributed by atoms with Crippen LogP contribution >= 0.6 is 0 Å². The summed E-state index contributed by atoms with van der Waals surface area (Å²) in [6.45, 7) is 6.03. The van der Waals surface area contributed by atoms with E-state index in [9.17, 15) is 19.8 Å². The molecule has 2 N–H and O–H groups in total. The molecular weight excluding hydrogens is 738 g/mol. The van der Waals surface area contributed by atoms with Crippen LogP contribution in [0.2, 0.25) is 0 Å². The number of carbonyl (C=O) groups is 2. The van der Waals surface area contributed by atoms with Crippen molar-refractivity contribution >= 4 is 11.9 Å². The molecule has 0 amide bonds. The number of aliphatic carboxylic acids is 2. The van der Waals surface area contributed by atoms with Crippen LogP contribution in [0.5, 0.6) is 0 Å². The first-order valence-corrected chi connectivity index (χ1v) is 15.6. The van der Waals surface area contributed by atoms with Crippen LogP contribution in [0.4, 0.5) is 0 Å². The summed E-state index contributed by atoms with van der Waals surface area (Å²) >= 11 is 0. The number of carboxylic acid groups (broad SMARTS) is 2. The molecule has 1 radical (unpaired) electrons. The maximum atomic E-state index is 11.8. The van der Waals surface area contributed by atoms with E-state index in [1.807, 2.05) is 50.9 Å². The van der Waals surface area contributed by atoms with Gasteiger partial charge in [0.1, 0.15) is 5.69 Å². The van der Waals surface area contributed by atoms with Gasteiger partial charge in [-0.1, -0.05) is 41.6 Å². The summed E-state index contributed by atoms with van der Waals surface area (Å²) in [5.74, 6) is -1.72. The minimum absolute atomic E-state index is 0. The molecule has 47 heavy (non-hydrogen) atoms. The number of benzene rings is 1. The van der Waals surface area contributed by atoms with E-state index < -0.39 is 11.9 Å². The molecule has 1 aromatic carbocycles. The van der Waals surface area contributed by atoms with Gasteiger partial charge in [0.25, 0.3) is 0 Å². The van der Waals surface area contributed by atoms with Crippen molar-refractivity contribution in [3.8, 4) is 22.5 Å². The fraction of sp³-hybridized carbons (Fsp3) is 0.394. The zero-order valence-corrected chi connectivity index (χ0v) is 28.6. The Kier molecular flexibility index (Phi) is 12.7. The van der Waals surface area contributed by atoms with Crippen molar-refractivity contribution < 1.29 is 69.2 Å². The normalized spacial score (nSPS) is 19.6. The maximum Gasteiger partial charge on any atom is 0.317 e. The zero-order valence-electron chi connectivity index (χ0n) is 26.2. The van der Waals surface area contributed by atoms with Gasteiger partial charge in [-0.25, -0.2) is 9.67 Å². The van der Waals surface area contributed by atoms with E-state index in [1.54, 1.807) is 6.20 Å². The van der Waals surface area contributed by atoms with E-state index in [0.717, 1.165) is 39.6 Å². The predicted molar refractivity (Wildman–Crippen MR) is 171 cm³/mol. The van der Waals surface area contributed by atoms with Crippen LogP contribution in [-0.4, -0.2) is 132 Å². The van der Waals surface area contributed by atoms with Crippen molar-refractivity contribution in [1.29, 1.82) is 0 Å². The number of pyridine rings is 2. The van der Waals surface area contributed by atoms with Crippen molar-refractivity contribution in [1.82, 2.24) is 44.6 Å². The molecule has 7 rings (SSSR count). The minimum atomic E-state index is -0.860. The van der Waals surface area contributed by atoms with E-state index >= 15 is 0 Å². The molecule has 3 aliphatic rings. The molecule has 3 aromatic heterocycles. The Hall–Kier alpha value is -2.98. The van der Waals surface area contributed by atoms with E-state index in [2.05, 4.69) is 44.4 Å². The van der Waals surface area contributed by atoms with Crippen LogP contribution in [0.3, 0.4) is 0 Å². The minimum Gasteiger partial charge on any atom is -0.480 e. The van der Waals surface area contributed by atoms with E-state index in [1.165, 1.54) is 0 Å². The molecule has 0 aliphatic carbocycles. The number of fused-ring (bicyclic) bond motifs is 8. The van der Waals surface area contributed by atoms with Crippen LogP contribution in [-0.2, 0) is 29.2 Å². The van der Waals surface area contributed by atoms with Gasteiger partial charge < -0.3 is 10.2 Å². The van der Waals surface area contributed by atoms with Gasteiger partial charge in [-0.3, -0.25) is 34.2 Å². The Balaban J connectivity index is 0.00000433. The van der Waals surface area contributed by atoms with Crippen molar-refractivity contribution in [2.24, 2.45) is 0 Å². The van der Waals surface area contributed by atoms with Gasteiger partial charge in [0, 0.05) is 115 Å². The Morgan fingerprint density at radius 3 is 1.81 bits per heavy atom. The second-order valence-corrected chi connectivity index (χ2v) is 11.9. The van der Waals surface area contributed by atoms with Gasteiger partial charge in [-0.05, 0) is 35.4 Å². The molecule has 0 atom stereocenters. The van der Waals surface area contributed by atoms with Gasteiger partial charge >= 0.3 is 11.9 Å². The number of nitrogens with zero attached hydrogens (tertiary/aromatic N) is 9. The molecular formula is C33H39EuN9O4. The summed E-state index contributed by atoms with van der Waals surface area (Å²) in [5, 5.41) is 28.0. The second kappa shape index (κ2) is 16.9. The van der Waals surface area contributed by atoms with Crippen LogP contribution in [0, 0.1) is 49.4 Å². The Morgan fingerprint density at radius 1 is 0.638 bits per heavy atom. The van der Waals surface area contributed by atoms with Crippen LogP contribution in [0.1, 0.15) is 17.1 Å². The van der Waals surface area contributed by atoms with Gasteiger partial charge in [0.2, 0.25) is 0 Å². The van der Waals surface area contributed by atoms with Gasteiger partial charge in [0.05, 0.1) is 48.6 Å². The van der Waals surface area contributed by atoms with Gasteiger partial charge in [-0.2, -0.15) is 0 Å². The fourth-order valence-electron chi connectivity index (χ4n) is 6.10. The largest absolute Gasteiger partial charge is 0.480 e. The summed E-state index contributed by atoms with van der Waals surface area (Å²) in [7, 11) is 0. The van der Waals surface area contributed by atoms with Crippen molar-refractivity contribution in [2.45, 2.75) is 19.6 Å². The number of aromatic nitrogens is 5. The monoisotopic (exact) mass is 778 g/mol. The average Bonchev–Trinajstić information content (AvgIpc) is 3.50. The third-order valence-corrected chi connectivity index (χ3v) is 8.46. The quantitative estimate of drug-likeness (QED) is 0.306. The third-order valence-electron chi connectivity index (χ3n) is 8.46. The van der Waals surface area contributed by atoms with Crippen LogP contribution in [0.15, 0.2) is 66.9 Å². The van der Waals surface area contributed by atoms with E-state index in [0.29, 0.717) is 72.0 Å². The summed E-state index contributed by atoms with van der Waals surface area (Å²) < 4.78 is 1.84. The summed E-state index contributed by atoms with van der Waals surface area (Å²) in [4.78, 5) is 42.2. The second-order valence-electron chi connectivity index (χ2n) is 11.9. The first-order valence-electron chi connectivity index (χ1n) is 15.6. The Bertz CT molecular complexity index is 1620. The molecule has 0 saturated carbocycles. The van der Waals surface area contributed by atoms with Crippen LogP contribution in [0.25, 0.3) is 22.5 Å². The first-order chi connectivity index (χ1) is 22.4. The topological polar surface area (TPSA) is 144 Å². The molecule has 0 unspecified atom stereocenters. The molecule has 4 aromatic rings. The summed E-state index contributed by atoms with van der Waals surface area (Å²) in [5.41, 5.74) is 6.18. The molecule has 247 valence electrons. The van der Waals surface area contributed by atoms with E-state index in [-0.39, 0.29) is 62.5 Å². The Morgan fingerprint density at radius 2 is 1.21 bits per heavy atom. The van der Waals surface area contributed by atoms with Crippen molar-refractivity contribution in [2.75, 3.05) is 65.4 Å². The fourth-order valence-corrected chi connectivity index (χ4v) is 6.10. The summed E-state index contributed by atoms with van der Waals surface area (Å²) in [6.07, 6.45) is 1.72. The number of hydrogen-bond acceptors (Lipinski definition) is 10. The molecule has 14 heteroatoms. The predicted octanol–water partition coefficient (Wildman–Crippen LogP) is 1.85. The number of hydrogen-bond donors (Lipinski definition) is 2. The third kappa shape index (κ3) is 10.0. The molecule has 1 saturated heterocycles. The summed E-state index contributed by atoms with van der Waals surface area (Å²) in [6, 6.07) is 20.2. The number of carboxylic acids is 2. The van der Waals surface area contributed by atoms with Gasteiger partial charge in [-0.15, -0.1) is 5.10 Å². The van der Waals surface area contributed by atoms with Crippen molar-refractivity contribution in [3.63, 3.8) is 0 Å². The average molecular weight is 778 g/mol. The molecule has 6 heterocycles.